The van der Waals surface area contributed by atoms with Crippen molar-refractivity contribution in [3.63, 3.8) is 0 Å². The zero-order chi connectivity index (χ0) is 25.3. The number of carbonyl (C=O) groups excluding carboxylic acids is 2. The van der Waals surface area contributed by atoms with Gasteiger partial charge in [-0.05, 0) is 43.9 Å². The van der Waals surface area contributed by atoms with Crippen molar-refractivity contribution in [1.29, 1.82) is 0 Å². The summed E-state index contributed by atoms with van der Waals surface area (Å²) in [6.45, 7) is 0.951. The number of ether oxygens (including phenoxy) is 2. The Balaban J connectivity index is 1.27. The van der Waals surface area contributed by atoms with Crippen LogP contribution in [0.3, 0.4) is 0 Å². The molecule has 1 amide bonds. The third kappa shape index (κ3) is 6.33. The molecule has 3 aromatic rings. The molecule has 0 aliphatic heterocycles. The van der Waals surface area contributed by atoms with Gasteiger partial charge in [0.1, 0.15) is 24.0 Å². The molecule has 3 aromatic heterocycles. The molecular weight excluding hydrogens is 466 g/mol. The number of pyridine rings is 2. The highest BCUT2D eigenvalue weighted by Gasteiger charge is 2.25. The lowest BCUT2D eigenvalue weighted by molar-refractivity contribution is -0.109. The molecule has 1 aliphatic rings. The summed E-state index contributed by atoms with van der Waals surface area (Å²) in [5, 5.41) is 8.98. The van der Waals surface area contributed by atoms with Gasteiger partial charge in [0.2, 0.25) is 0 Å². The topological polar surface area (TPSA) is 149 Å². The normalized spacial score (nSPS) is 17.4. The minimum atomic E-state index is -0.586. The molecule has 0 spiro atoms. The first kappa shape index (κ1) is 25.0. The van der Waals surface area contributed by atoms with Crippen LogP contribution < -0.4 is 26.2 Å². The Morgan fingerprint density at radius 1 is 1.19 bits per heavy atom. The van der Waals surface area contributed by atoms with Gasteiger partial charge in [-0.25, -0.2) is 14.8 Å². The lowest BCUT2D eigenvalue weighted by Gasteiger charge is -2.29. The lowest BCUT2D eigenvalue weighted by atomic mass is 9.93. The Morgan fingerprint density at radius 2 is 2.06 bits per heavy atom. The molecule has 2 atom stereocenters. The zero-order valence-corrected chi connectivity index (χ0v) is 20.0. The molecule has 12 nitrogen and oxygen atoms in total. The van der Waals surface area contributed by atoms with Crippen LogP contribution >= 0.6 is 0 Å². The molecule has 0 radical (unpaired) electrons. The Morgan fingerprint density at radius 3 is 2.89 bits per heavy atom. The van der Waals surface area contributed by atoms with E-state index in [1.165, 1.54) is 6.07 Å². The van der Waals surface area contributed by atoms with Crippen LogP contribution in [0.1, 0.15) is 25.7 Å². The van der Waals surface area contributed by atoms with Crippen LogP contribution in [0.25, 0.3) is 11.2 Å². The molecule has 1 aliphatic carbocycles. The van der Waals surface area contributed by atoms with E-state index < -0.39 is 6.09 Å². The second-order valence-electron chi connectivity index (χ2n) is 8.33. The van der Waals surface area contributed by atoms with E-state index in [0.717, 1.165) is 19.3 Å². The number of fused-ring (bicyclic) bond motifs is 1. The molecule has 190 valence electrons. The summed E-state index contributed by atoms with van der Waals surface area (Å²) in [5.41, 5.74) is 1.12. The molecule has 36 heavy (non-hydrogen) atoms. The number of hydrogen-bond donors (Lipinski definition) is 3. The standard InChI is InChI=1S/C24H29N7O5/c1-25-22-19(35-14-13-32)6-7-20(29-22)30-24(34)36-17-4-2-3-16(15-17)26-11-12-31-21(33)8-5-18-23(31)28-10-9-27-18/h5-10,13,16-17,26H,2-4,11-12,14-15H2,1H3,(H2,25,29,30,34). The molecule has 12 heteroatoms. The summed E-state index contributed by atoms with van der Waals surface area (Å²) in [4.78, 5) is 48.1. The summed E-state index contributed by atoms with van der Waals surface area (Å²) < 4.78 is 12.5. The van der Waals surface area contributed by atoms with Gasteiger partial charge in [-0.1, -0.05) is 0 Å². The Labute approximate surface area is 207 Å². The van der Waals surface area contributed by atoms with Crippen molar-refractivity contribution in [3.8, 4) is 5.75 Å². The molecule has 0 saturated heterocycles. The van der Waals surface area contributed by atoms with Gasteiger partial charge in [0, 0.05) is 44.6 Å². The van der Waals surface area contributed by atoms with Gasteiger partial charge < -0.3 is 20.1 Å². The highest BCUT2D eigenvalue weighted by atomic mass is 16.6. The largest absolute Gasteiger partial charge is 0.482 e. The summed E-state index contributed by atoms with van der Waals surface area (Å²) >= 11 is 0. The average molecular weight is 496 g/mol. The van der Waals surface area contributed by atoms with Crippen LogP contribution in [0, 0.1) is 0 Å². The summed E-state index contributed by atoms with van der Waals surface area (Å²) in [6, 6.07) is 6.53. The Hall–Kier alpha value is -4.06. The number of aromatic nitrogens is 4. The molecule has 2 unspecified atom stereocenters. The van der Waals surface area contributed by atoms with Crippen LogP contribution in [-0.2, 0) is 16.1 Å². The predicted molar refractivity (Wildman–Crippen MR) is 133 cm³/mol. The maximum Gasteiger partial charge on any atom is 0.413 e. The zero-order valence-electron chi connectivity index (χ0n) is 20.0. The van der Waals surface area contributed by atoms with Crippen LogP contribution in [-0.4, -0.2) is 64.2 Å². The van der Waals surface area contributed by atoms with Crippen LogP contribution in [0.15, 0.2) is 41.5 Å². The lowest BCUT2D eigenvalue weighted by Crippen LogP contribution is -2.40. The van der Waals surface area contributed by atoms with Crippen molar-refractivity contribution in [1.82, 2.24) is 24.8 Å². The predicted octanol–water partition coefficient (Wildman–Crippen LogP) is 1.96. The van der Waals surface area contributed by atoms with Crippen molar-refractivity contribution >= 4 is 35.2 Å². The SMILES string of the molecule is CNc1nc(NC(=O)OC2CCCC(NCCn3c(=O)ccc4nccnc43)C2)ccc1OCC=O. The smallest absolute Gasteiger partial charge is 0.413 e. The fourth-order valence-corrected chi connectivity index (χ4v) is 4.27. The molecule has 1 fully saturated rings. The Bertz CT molecular complexity index is 1270. The van der Waals surface area contributed by atoms with Crippen molar-refractivity contribution in [2.24, 2.45) is 0 Å². The quantitative estimate of drug-likeness (QED) is 0.356. The van der Waals surface area contributed by atoms with Gasteiger partial charge in [0.25, 0.3) is 5.56 Å². The van der Waals surface area contributed by atoms with E-state index in [2.05, 4.69) is 30.9 Å². The summed E-state index contributed by atoms with van der Waals surface area (Å²) in [5.74, 6) is 1.10. The van der Waals surface area contributed by atoms with Gasteiger partial charge in [0.05, 0.1) is 0 Å². The maximum absolute atomic E-state index is 12.5. The minimum absolute atomic E-state index is 0.0885. The highest BCUT2D eigenvalue weighted by molar-refractivity contribution is 5.84. The number of hydrogen-bond acceptors (Lipinski definition) is 10. The van der Waals surface area contributed by atoms with E-state index in [1.807, 2.05) is 0 Å². The van der Waals surface area contributed by atoms with Crippen molar-refractivity contribution < 1.29 is 19.1 Å². The van der Waals surface area contributed by atoms with E-state index >= 15 is 0 Å². The first-order valence-corrected chi connectivity index (χ1v) is 11.8. The van der Waals surface area contributed by atoms with Gasteiger partial charge in [-0.2, -0.15) is 0 Å². The number of anilines is 2. The molecule has 0 aromatic carbocycles. The van der Waals surface area contributed by atoms with Crippen LogP contribution in [0.5, 0.6) is 5.75 Å². The maximum atomic E-state index is 12.5. The van der Waals surface area contributed by atoms with E-state index in [0.29, 0.717) is 54.3 Å². The number of nitrogens with zero attached hydrogens (tertiary/aromatic N) is 4. The second kappa shape index (κ2) is 12.1. The molecule has 0 bridgehead atoms. The molecule has 3 heterocycles. The minimum Gasteiger partial charge on any atom is -0.482 e. The van der Waals surface area contributed by atoms with E-state index in [4.69, 9.17) is 9.47 Å². The third-order valence-electron chi connectivity index (χ3n) is 5.91. The fraction of sp³-hybridized carbons (Fsp3) is 0.417. The van der Waals surface area contributed by atoms with Crippen LogP contribution in [0.4, 0.5) is 16.4 Å². The van der Waals surface area contributed by atoms with E-state index in [1.54, 1.807) is 42.2 Å². The number of rotatable bonds is 10. The molecular formula is C24H29N7O5. The Kier molecular flexibility index (Phi) is 8.40. The average Bonchev–Trinajstić information content (AvgIpc) is 2.89. The summed E-state index contributed by atoms with van der Waals surface area (Å²) in [7, 11) is 1.66. The van der Waals surface area contributed by atoms with Crippen molar-refractivity contribution in [2.75, 3.05) is 30.8 Å². The fourth-order valence-electron chi connectivity index (χ4n) is 4.27. The number of carbonyl (C=O) groups is 2. The van der Waals surface area contributed by atoms with Gasteiger partial charge in [-0.15, -0.1) is 0 Å². The van der Waals surface area contributed by atoms with Gasteiger partial charge in [-0.3, -0.25) is 24.5 Å². The van der Waals surface area contributed by atoms with Crippen molar-refractivity contribution in [3.05, 3.63) is 47.0 Å². The number of aldehydes is 1. The van der Waals surface area contributed by atoms with Gasteiger partial charge >= 0.3 is 6.09 Å². The van der Waals surface area contributed by atoms with Gasteiger partial charge in [0.15, 0.2) is 23.5 Å². The highest BCUT2D eigenvalue weighted by Crippen LogP contribution is 2.25. The molecule has 4 rings (SSSR count). The number of amides is 1. The first-order valence-electron chi connectivity index (χ1n) is 11.8. The summed E-state index contributed by atoms with van der Waals surface area (Å²) in [6.07, 6.45) is 6.32. The molecule has 3 N–H and O–H groups in total. The number of nitrogens with one attached hydrogen (secondary N) is 3. The van der Waals surface area contributed by atoms with E-state index in [9.17, 15) is 14.4 Å². The third-order valence-corrected chi connectivity index (χ3v) is 5.91. The van der Waals surface area contributed by atoms with E-state index in [-0.39, 0.29) is 24.3 Å². The van der Waals surface area contributed by atoms with Crippen molar-refractivity contribution in [2.45, 2.75) is 44.4 Å². The van der Waals surface area contributed by atoms with Crippen LogP contribution in [0.2, 0.25) is 0 Å². The molecule has 1 saturated carbocycles. The first-order chi connectivity index (χ1) is 17.6. The monoisotopic (exact) mass is 495 g/mol. The second-order valence-corrected chi connectivity index (χ2v) is 8.33.